The van der Waals surface area contributed by atoms with Crippen LogP contribution in [-0.2, 0) is 9.59 Å². The smallest absolute Gasteiger partial charge is 0.228 e. The molecule has 0 radical (unpaired) electrons. The van der Waals surface area contributed by atoms with Crippen LogP contribution >= 0.6 is 0 Å². The molecule has 6 heteroatoms. The zero-order chi connectivity index (χ0) is 18.6. The molecular formula is C19H28FN3O2. The van der Waals surface area contributed by atoms with Crippen molar-refractivity contribution in [1.82, 2.24) is 9.80 Å². The molecule has 0 aliphatic carbocycles. The van der Waals surface area contributed by atoms with Gasteiger partial charge in [0, 0.05) is 39.4 Å². The highest BCUT2D eigenvalue weighted by Gasteiger charge is 2.35. The molecule has 1 heterocycles. The summed E-state index contributed by atoms with van der Waals surface area (Å²) in [4.78, 5) is 28.9. The first-order valence-electron chi connectivity index (χ1n) is 8.76. The fraction of sp³-hybridized carbons (Fsp3) is 0.579. The third-order valence-electron chi connectivity index (χ3n) is 4.42. The number of hydrogen-bond acceptors (Lipinski definition) is 3. The molecule has 1 aromatic carbocycles. The summed E-state index contributed by atoms with van der Waals surface area (Å²) < 4.78 is 13.0. The lowest BCUT2D eigenvalue weighted by atomic mass is 9.87. The van der Waals surface area contributed by atoms with Gasteiger partial charge >= 0.3 is 0 Å². The van der Waals surface area contributed by atoms with Gasteiger partial charge in [0.1, 0.15) is 5.82 Å². The number of amides is 2. The molecule has 2 atom stereocenters. The predicted octanol–water partition coefficient (Wildman–Crippen LogP) is 2.45. The molecular weight excluding hydrogens is 321 g/mol. The van der Waals surface area contributed by atoms with Gasteiger partial charge in [0.25, 0.3) is 0 Å². The summed E-state index contributed by atoms with van der Waals surface area (Å²) >= 11 is 0. The molecule has 0 spiro atoms. The third-order valence-corrected chi connectivity index (χ3v) is 4.42. The van der Waals surface area contributed by atoms with E-state index in [1.165, 1.54) is 12.1 Å². The van der Waals surface area contributed by atoms with Crippen molar-refractivity contribution in [3.05, 3.63) is 30.1 Å². The zero-order valence-electron chi connectivity index (χ0n) is 15.5. The Kier molecular flexibility index (Phi) is 6.53. The number of anilines is 1. The van der Waals surface area contributed by atoms with E-state index in [2.05, 4.69) is 24.1 Å². The van der Waals surface area contributed by atoms with Gasteiger partial charge in [0.15, 0.2) is 0 Å². The van der Waals surface area contributed by atoms with E-state index in [1.807, 2.05) is 0 Å². The van der Waals surface area contributed by atoms with E-state index in [9.17, 15) is 14.0 Å². The summed E-state index contributed by atoms with van der Waals surface area (Å²) in [5, 5.41) is 2.84. The molecule has 1 aromatic rings. The summed E-state index contributed by atoms with van der Waals surface area (Å²) in [5.41, 5.74) is 0.572. The average Bonchev–Trinajstić information content (AvgIpc) is 2.55. The lowest BCUT2D eigenvalue weighted by Crippen LogP contribution is -2.49. The van der Waals surface area contributed by atoms with Crippen molar-refractivity contribution in [1.29, 1.82) is 0 Å². The predicted molar refractivity (Wildman–Crippen MR) is 96.6 cm³/mol. The van der Waals surface area contributed by atoms with E-state index in [0.29, 0.717) is 31.1 Å². The van der Waals surface area contributed by atoms with Gasteiger partial charge in [-0.25, -0.2) is 4.39 Å². The second kappa shape index (κ2) is 8.43. The van der Waals surface area contributed by atoms with E-state index in [4.69, 9.17) is 0 Å². The van der Waals surface area contributed by atoms with Crippen molar-refractivity contribution in [3.63, 3.8) is 0 Å². The topological polar surface area (TPSA) is 52.7 Å². The van der Waals surface area contributed by atoms with Crippen molar-refractivity contribution >= 4 is 17.5 Å². The van der Waals surface area contributed by atoms with Crippen LogP contribution in [0.1, 0.15) is 20.3 Å². The fourth-order valence-electron chi connectivity index (χ4n) is 3.37. The van der Waals surface area contributed by atoms with Crippen LogP contribution in [0.15, 0.2) is 24.3 Å². The van der Waals surface area contributed by atoms with Crippen LogP contribution in [-0.4, -0.2) is 55.3 Å². The number of rotatable bonds is 5. The van der Waals surface area contributed by atoms with Crippen LogP contribution in [0.4, 0.5) is 10.1 Å². The SMILES string of the molecule is CC(C)CN1C[C@H](C(=O)Nc2ccc(F)cc2)C[C@H](C(=O)N(C)C)C1. The second-order valence-corrected chi connectivity index (χ2v) is 7.47. The highest BCUT2D eigenvalue weighted by Crippen LogP contribution is 2.25. The molecule has 25 heavy (non-hydrogen) atoms. The molecule has 1 saturated heterocycles. The summed E-state index contributed by atoms with van der Waals surface area (Å²) in [6.45, 7) is 6.45. The second-order valence-electron chi connectivity index (χ2n) is 7.47. The average molecular weight is 349 g/mol. The monoisotopic (exact) mass is 349 g/mol. The summed E-state index contributed by atoms with van der Waals surface area (Å²) in [7, 11) is 3.49. The van der Waals surface area contributed by atoms with Crippen LogP contribution in [0.3, 0.4) is 0 Å². The Labute approximate surface area is 149 Å². The first kappa shape index (κ1) is 19.4. The molecule has 2 rings (SSSR count). The quantitative estimate of drug-likeness (QED) is 0.888. The largest absolute Gasteiger partial charge is 0.349 e. The number of halogens is 1. The number of piperidine rings is 1. The molecule has 1 N–H and O–H groups in total. The molecule has 0 bridgehead atoms. The van der Waals surface area contributed by atoms with Crippen molar-refractivity contribution in [2.24, 2.45) is 17.8 Å². The minimum Gasteiger partial charge on any atom is -0.349 e. The van der Waals surface area contributed by atoms with Crippen LogP contribution in [0, 0.1) is 23.6 Å². The summed E-state index contributed by atoms with van der Waals surface area (Å²) in [6, 6.07) is 5.73. The summed E-state index contributed by atoms with van der Waals surface area (Å²) in [6.07, 6.45) is 0.540. The normalized spacial score (nSPS) is 21.2. The van der Waals surface area contributed by atoms with Gasteiger partial charge in [-0.05, 0) is 36.6 Å². The summed E-state index contributed by atoms with van der Waals surface area (Å²) in [5.74, 6) is -0.355. The number of nitrogens with zero attached hydrogens (tertiary/aromatic N) is 2. The molecule has 1 aliphatic heterocycles. The Balaban J connectivity index is 2.08. The number of likely N-dealkylation sites (tertiary alicyclic amines) is 1. The minimum absolute atomic E-state index is 0.0630. The zero-order valence-corrected chi connectivity index (χ0v) is 15.5. The Morgan fingerprint density at radius 3 is 2.36 bits per heavy atom. The molecule has 0 saturated carbocycles. The van der Waals surface area contributed by atoms with Crippen molar-refractivity contribution in [2.75, 3.05) is 39.0 Å². The Morgan fingerprint density at radius 2 is 1.80 bits per heavy atom. The van der Waals surface area contributed by atoms with E-state index >= 15 is 0 Å². The highest BCUT2D eigenvalue weighted by molar-refractivity contribution is 5.93. The van der Waals surface area contributed by atoms with Crippen LogP contribution in [0.25, 0.3) is 0 Å². The lowest BCUT2D eigenvalue weighted by molar-refractivity contribution is -0.136. The standard InChI is InChI=1S/C19H28FN3O2/c1-13(2)10-23-11-14(9-15(12-23)19(25)22(3)4)18(24)21-17-7-5-16(20)6-8-17/h5-8,13-15H,9-12H2,1-4H3,(H,21,24)/t14-,15+/m1/s1. The van der Waals surface area contributed by atoms with E-state index in [1.54, 1.807) is 31.1 Å². The van der Waals surface area contributed by atoms with Gasteiger partial charge in [-0.3, -0.25) is 9.59 Å². The number of nitrogens with one attached hydrogen (secondary N) is 1. The Bertz CT molecular complexity index is 601. The molecule has 1 aliphatic rings. The molecule has 0 aromatic heterocycles. The van der Waals surface area contributed by atoms with Gasteiger partial charge in [-0.2, -0.15) is 0 Å². The lowest BCUT2D eigenvalue weighted by Gasteiger charge is -2.38. The minimum atomic E-state index is -0.338. The Hall–Kier alpha value is -1.95. The van der Waals surface area contributed by atoms with Crippen molar-refractivity contribution in [2.45, 2.75) is 20.3 Å². The van der Waals surface area contributed by atoms with Crippen molar-refractivity contribution in [3.8, 4) is 0 Å². The van der Waals surface area contributed by atoms with Gasteiger partial charge in [-0.1, -0.05) is 13.8 Å². The van der Waals surface area contributed by atoms with Crippen molar-refractivity contribution < 1.29 is 14.0 Å². The van der Waals surface area contributed by atoms with E-state index in [-0.39, 0.29) is 29.5 Å². The first-order valence-corrected chi connectivity index (χ1v) is 8.76. The number of carbonyl (C=O) groups excluding carboxylic acids is 2. The van der Waals surface area contributed by atoms with Crippen LogP contribution in [0.5, 0.6) is 0 Å². The maximum Gasteiger partial charge on any atom is 0.228 e. The van der Waals surface area contributed by atoms with Crippen LogP contribution < -0.4 is 5.32 Å². The van der Waals surface area contributed by atoms with E-state index < -0.39 is 0 Å². The van der Waals surface area contributed by atoms with Crippen LogP contribution in [0.2, 0.25) is 0 Å². The molecule has 0 unspecified atom stereocenters. The molecule has 2 amide bonds. The van der Waals surface area contributed by atoms with Gasteiger partial charge in [0.05, 0.1) is 11.8 Å². The first-order chi connectivity index (χ1) is 11.8. The highest BCUT2D eigenvalue weighted by atomic mass is 19.1. The maximum absolute atomic E-state index is 13.0. The molecule has 1 fully saturated rings. The molecule has 138 valence electrons. The fourth-order valence-corrected chi connectivity index (χ4v) is 3.37. The third kappa shape index (κ3) is 5.53. The van der Waals surface area contributed by atoms with E-state index in [0.717, 1.165) is 6.54 Å². The van der Waals surface area contributed by atoms with Gasteiger partial charge in [-0.15, -0.1) is 0 Å². The van der Waals surface area contributed by atoms with Gasteiger partial charge in [0.2, 0.25) is 11.8 Å². The number of hydrogen-bond donors (Lipinski definition) is 1. The maximum atomic E-state index is 13.0. The Morgan fingerprint density at radius 1 is 1.20 bits per heavy atom. The number of carbonyl (C=O) groups is 2. The number of benzene rings is 1. The van der Waals surface area contributed by atoms with Gasteiger partial charge < -0.3 is 15.1 Å². The molecule has 5 nitrogen and oxygen atoms in total.